The van der Waals surface area contributed by atoms with E-state index in [9.17, 15) is 0 Å². The summed E-state index contributed by atoms with van der Waals surface area (Å²) in [6.07, 6.45) is 0.832. The molecule has 0 aliphatic rings. The van der Waals surface area contributed by atoms with Crippen molar-refractivity contribution in [2.45, 2.75) is 78.4 Å². The molecule has 2 aromatic carbocycles. The van der Waals surface area contributed by atoms with Crippen molar-refractivity contribution in [3.8, 4) is 11.5 Å². The molecule has 0 spiro atoms. The minimum atomic E-state index is -1.96. The van der Waals surface area contributed by atoms with Crippen molar-refractivity contribution in [2.75, 3.05) is 13.9 Å². The largest absolute Gasteiger partial charge is 0.543 e. The summed E-state index contributed by atoms with van der Waals surface area (Å²) in [7, 11) is -0.320. The lowest BCUT2D eigenvalue weighted by molar-refractivity contribution is 0.0505. The molecule has 0 unspecified atom stereocenters. The lowest BCUT2D eigenvalue weighted by atomic mass is 9.95. The van der Waals surface area contributed by atoms with Gasteiger partial charge in [-0.1, -0.05) is 59.7 Å². The van der Waals surface area contributed by atoms with Crippen LogP contribution in [0.3, 0.4) is 0 Å². The third-order valence-electron chi connectivity index (χ3n) is 6.34. The van der Waals surface area contributed by atoms with E-state index in [1.165, 1.54) is 22.3 Å². The average Bonchev–Trinajstić information content (AvgIpc) is 2.67. The second-order valence-corrected chi connectivity index (χ2v) is 14.7. The van der Waals surface area contributed by atoms with Gasteiger partial charge in [-0.3, -0.25) is 0 Å². The summed E-state index contributed by atoms with van der Waals surface area (Å²) < 4.78 is 17.8. The molecular weight excluding hydrogens is 388 g/mol. The molecule has 0 aliphatic carbocycles. The standard InChI is InChI=1S/C26H40O3Si/c1-18(2)30(19(3)4,20(5)6)29-24-14-21(7)25(22(8)15-24)16-23-12-10-11-13-26(23)28-17-27-9/h10-15,18-20H,16-17H2,1-9H3. The summed E-state index contributed by atoms with van der Waals surface area (Å²) in [6.45, 7) is 18.6. The summed E-state index contributed by atoms with van der Waals surface area (Å²) in [5.41, 5.74) is 6.72. The minimum Gasteiger partial charge on any atom is -0.543 e. The summed E-state index contributed by atoms with van der Waals surface area (Å²) in [6, 6.07) is 12.7. The first-order chi connectivity index (χ1) is 14.1. The molecule has 4 heteroatoms. The van der Waals surface area contributed by atoms with Gasteiger partial charge in [0, 0.05) is 13.5 Å². The first kappa shape index (κ1) is 24.5. The van der Waals surface area contributed by atoms with Gasteiger partial charge in [-0.05, 0) is 70.9 Å². The summed E-state index contributed by atoms with van der Waals surface area (Å²) in [5, 5.41) is 0. The van der Waals surface area contributed by atoms with Gasteiger partial charge in [0.15, 0.2) is 6.79 Å². The van der Waals surface area contributed by atoms with Crippen molar-refractivity contribution in [3.63, 3.8) is 0 Å². The lowest BCUT2D eigenvalue weighted by Gasteiger charge is -2.42. The fourth-order valence-electron chi connectivity index (χ4n) is 4.95. The van der Waals surface area contributed by atoms with Gasteiger partial charge in [0.2, 0.25) is 0 Å². The van der Waals surface area contributed by atoms with E-state index >= 15 is 0 Å². The summed E-state index contributed by atoms with van der Waals surface area (Å²) in [4.78, 5) is 0. The Hall–Kier alpha value is -1.78. The molecule has 0 bridgehead atoms. The highest BCUT2D eigenvalue weighted by molar-refractivity contribution is 6.78. The van der Waals surface area contributed by atoms with E-state index in [1.807, 2.05) is 12.1 Å². The van der Waals surface area contributed by atoms with Gasteiger partial charge in [0.25, 0.3) is 8.32 Å². The number of methoxy groups -OCH3 is 1. The van der Waals surface area contributed by atoms with E-state index in [0.717, 1.165) is 17.9 Å². The average molecular weight is 429 g/mol. The Kier molecular flexibility index (Phi) is 8.57. The normalized spacial score (nSPS) is 12.1. The Labute approximate surface area is 184 Å². The van der Waals surface area contributed by atoms with Crippen molar-refractivity contribution < 1.29 is 13.9 Å². The third kappa shape index (κ3) is 5.28. The second-order valence-electron chi connectivity index (χ2n) is 9.29. The molecule has 3 nitrogen and oxygen atoms in total. The Bertz CT molecular complexity index is 782. The van der Waals surface area contributed by atoms with Gasteiger partial charge in [-0.15, -0.1) is 0 Å². The van der Waals surface area contributed by atoms with E-state index in [1.54, 1.807) is 7.11 Å². The van der Waals surface area contributed by atoms with E-state index in [2.05, 4.69) is 79.7 Å². The predicted molar refractivity (Wildman–Crippen MR) is 129 cm³/mol. The molecule has 2 aromatic rings. The van der Waals surface area contributed by atoms with E-state index in [0.29, 0.717) is 16.6 Å². The van der Waals surface area contributed by atoms with Crippen LogP contribution in [0.15, 0.2) is 36.4 Å². The molecule has 30 heavy (non-hydrogen) atoms. The molecule has 0 N–H and O–H groups in total. The zero-order chi connectivity index (χ0) is 22.5. The molecule has 2 rings (SSSR count). The number of hydrogen-bond donors (Lipinski definition) is 0. The van der Waals surface area contributed by atoms with Crippen LogP contribution in [-0.2, 0) is 11.2 Å². The minimum absolute atomic E-state index is 0.258. The van der Waals surface area contributed by atoms with Crippen LogP contribution < -0.4 is 9.16 Å². The number of ether oxygens (including phenoxy) is 2. The van der Waals surface area contributed by atoms with Gasteiger partial charge in [0.1, 0.15) is 11.5 Å². The predicted octanol–water partition coefficient (Wildman–Crippen LogP) is 7.43. The van der Waals surface area contributed by atoms with Crippen LogP contribution in [0.4, 0.5) is 0 Å². The molecule has 0 fully saturated rings. The fourth-order valence-corrected chi connectivity index (χ4v) is 10.2. The smallest absolute Gasteiger partial charge is 0.258 e. The van der Waals surface area contributed by atoms with Crippen molar-refractivity contribution in [1.82, 2.24) is 0 Å². The molecule has 0 heterocycles. The van der Waals surface area contributed by atoms with Gasteiger partial charge < -0.3 is 13.9 Å². The van der Waals surface area contributed by atoms with Crippen LogP contribution in [0.1, 0.15) is 63.8 Å². The first-order valence-corrected chi connectivity index (χ1v) is 13.3. The lowest BCUT2D eigenvalue weighted by Crippen LogP contribution is -2.50. The van der Waals surface area contributed by atoms with Crippen molar-refractivity contribution in [1.29, 1.82) is 0 Å². The van der Waals surface area contributed by atoms with E-state index in [4.69, 9.17) is 13.9 Å². The molecule has 0 atom stereocenters. The maximum atomic E-state index is 6.93. The summed E-state index contributed by atoms with van der Waals surface area (Å²) in [5.74, 6) is 1.91. The van der Waals surface area contributed by atoms with Gasteiger partial charge in [-0.25, -0.2) is 0 Å². The second kappa shape index (κ2) is 10.5. The Balaban J connectivity index is 2.37. The Morgan fingerprint density at radius 2 is 1.37 bits per heavy atom. The van der Waals surface area contributed by atoms with Crippen molar-refractivity contribution >= 4 is 8.32 Å². The highest BCUT2D eigenvalue weighted by atomic mass is 28.4. The van der Waals surface area contributed by atoms with E-state index in [-0.39, 0.29) is 6.79 Å². The Morgan fingerprint density at radius 1 is 0.833 bits per heavy atom. The van der Waals surface area contributed by atoms with Crippen LogP contribution in [0.2, 0.25) is 16.6 Å². The molecule has 166 valence electrons. The van der Waals surface area contributed by atoms with Crippen LogP contribution in [0.5, 0.6) is 11.5 Å². The van der Waals surface area contributed by atoms with Crippen molar-refractivity contribution in [2.24, 2.45) is 0 Å². The summed E-state index contributed by atoms with van der Waals surface area (Å²) >= 11 is 0. The maximum absolute atomic E-state index is 6.93. The number of hydrogen-bond acceptors (Lipinski definition) is 3. The number of para-hydroxylation sites is 1. The fraction of sp³-hybridized carbons (Fsp3) is 0.538. The zero-order valence-electron chi connectivity index (χ0n) is 20.3. The van der Waals surface area contributed by atoms with Gasteiger partial charge >= 0.3 is 0 Å². The quantitative estimate of drug-likeness (QED) is 0.291. The van der Waals surface area contributed by atoms with Crippen LogP contribution >= 0.6 is 0 Å². The third-order valence-corrected chi connectivity index (χ3v) is 12.3. The topological polar surface area (TPSA) is 27.7 Å². The van der Waals surface area contributed by atoms with Gasteiger partial charge in [0.05, 0.1) is 0 Å². The SMILES string of the molecule is COCOc1ccccc1Cc1c(C)cc(O[Si](C(C)C)(C(C)C)C(C)C)cc1C. The highest BCUT2D eigenvalue weighted by Gasteiger charge is 2.47. The molecule has 0 saturated heterocycles. The molecule has 0 saturated carbocycles. The van der Waals surface area contributed by atoms with Crippen molar-refractivity contribution in [3.05, 3.63) is 58.7 Å². The van der Waals surface area contributed by atoms with Crippen LogP contribution in [0, 0.1) is 13.8 Å². The van der Waals surface area contributed by atoms with Gasteiger partial charge in [-0.2, -0.15) is 0 Å². The molecule has 0 aliphatic heterocycles. The zero-order valence-corrected chi connectivity index (χ0v) is 21.3. The maximum Gasteiger partial charge on any atom is 0.258 e. The number of benzene rings is 2. The monoisotopic (exact) mass is 428 g/mol. The van der Waals surface area contributed by atoms with Crippen LogP contribution in [0.25, 0.3) is 0 Å². The molecular formula is C26H40O3Si. The number of rotatable bonds is 10. The Morgan fingerprint density at radius 3 is 1.87 bits per heavy atom. The highest BCUT2D eigenvalue weighted by Crippen LogP contribution is 2.43. The van der Waals surface area contributed by atoms with Crippen LogP contribution in [-0.4, -0.2) is 22.2 Å². The molecule has 0 amide bonds. The first-order valence-electron chi connectivity index (χ1n) is 11.1. The molecule has 0 radical (unpaired) electrons. The number of aryl methyl sites for hydroxylation is 2. The molecule has 0 aromatic heterocycles. The van der Waals surface area contributed by atoms with E-state index < -0.39 is 8.32 Å².